The molecule has 0 aliphatic carbocycles. The van der Waals surface area contributed by atoms with Gasteiger partial charge in [-0.2, -0.15) is 15.0 Å². The van der Waals surface area contributed by atoms with Crippen molar-refractivity contribution in [2.45, 2.75) is 170 Å². The van der Waals surface area contributed by atoms with Crippen molar-refractivity contribution < 1.29 is 101 Å². The van der Waals surface area contributed by atoms with Crippen LogP contribution >= 0.6 is 22.4 Å². The Morgan fingerprint density at radius 3 is 1.08 bits per heavy atom. The highest BCUT2D eigenvalue weighted by Crippen LogP contribution is 2.54. The van der Waals surface area contributed by atoms with Gasteiger partial charge in [-0.05, 0) is 32.6 Å². The maximum Gasteiger partial charge on any atom is 0.354 e. The number of H-pyrrole nitrogens is 3. The Morgan fingerprint density at radius 2 is 0.746 bits per heavy atom. The van der Waals surface area contributed by atoms with Crippen LogP contribution in [-0.2, 0) is 67.4 Å². The van der Waals surface area contributed by atoms with Crippen LogP contribution in [0.5, 0.6) is 0 Å². The van der Waals surface area contributed by atoms with Gasteiger partial charge in [0.1, 0.15) is 136 Å². The highest BCUT2D eigenvalue weighted by Gasteiger charge is 2.47. The summed E-state index contributed by atoms with van der Waals surface area (Å²) < 4.78 is 76.7. The maximum atomic E-state index is 13.3. The standard InChI is InChI=1S/2C19H27BN8O9P.C19H25N8O9PS/c1-8-24-16-15(17(31)25-8)22-6-27(16)14-3-10(11(4-29)35-14)37-38(20,33)34-5-12-9(30)2-13(36-12)28-7-23-18(21)26-19(28)32;1-8-24-16-15(17(31)25-8)22-6-27(16)13-2-9(30)12(36-13)5-34-38(20,33)37-10-3-14(35-11(10)4-29)28-7-23-18(21)26-19(28)32;1-8-23-16-15(17(30)24-8)21-6-26(16)14-3-10(11(4-28)34-14)36-37(32,38)33-5-12-9(29)2-13(35-12)27-7-22-18(20)25-19(27)31/h2*6-7,9-14,29-30H,2-5H2,1,20H3,(H2,21,26,32)(H,24,25,31);6-7,9-14,28-29H,2-5H2,1H3,(H,32,38)(H2,20,25,31)(H,23,24,30)/q2*-1;/t2*9-,10-,11-,12-,13-,14-,38?;9-,10-,11-,12-,13-,14-,37?/m111/s1. The van der Waals surface area contributed by atoms with E-state index < -0.39 is 191 Å². The normalized spacial score (nSPS) is 29.2. The summed E-state index contributed by atoms with van der Waals surface area (Å²) in [5, 5.41) is 60.8. The van der Waals surface area contributed by atoms with Crippen LogP contribution in [-0.4, -0.2) is 266 Å². The number of nitrogens with zero attached hydrogens (tertiary/aromatic N) is 18. The van der Waals surface area contributed by atoms with Crippen LogP contribution in [0, 0.1) is 20.8 Å². The number of aliphatic hydroxyl groups excluding tert-OH is 6. The number of aliphatic hydroxyl groups is 6. The zero-order valence-corrected chi connectivity index (χ0v) is 62.2. The summed E-state index contributed by atoms with van der Waals surface area (Å²) in [6, 6.07) is 0. The van der Waals surface area contributed by atoms with Crippen molar-refractivity contribution in [3.05, 3.63) is 118 Å². The molecule has 51 nitrogen and oxygen atoms in total. The monoisotopic (exact) mass is 1680 g/mol. The quantitative estimate of drug-likeness (QED) is 0.0197. The van der Waals surface area contributed by atoms with Crippen LogP contribution in [0.2, 0.25) is 0 Å². The summed E-state index contributed by atoms with van der Waals surface area (Å²) >= 11 is 5.14. The average molecular weight is 1680 g/mol. The van der Waals surface area contributed by atoms with Gasteiger partial charge in [-0.3, -0.25) is 59.9 Å². The van der Waals surface area contributed by atoms with Crippen LogP contribution in [0.3, 0.4) is 0 Å². The predicted octanol–water partition coefficient (Wildman–Crippen LogP) is -9.00. The fourth-order valence-corrected chi connectivity index (χ4v) is 15.9. The number of anilines is 3. The summed E-state index contributed by atoms with van der Waals surface area (Å²) in [4.78, 5) is 165. The van der Waals surface area contributed by atoms with E-state index in [1.807, 2.05) is 0 Å². The fourth-order valence-electron chi connectivity index (χ4n) is 12.9. The van der Waals surface area contributed by atoms with Crippen LogP contribution in [0.25, 0.3) is 33.5 Å². The summed E-state index contributed by atoms with van der Waals surface area (Å²) in [7, 11) is -9.01. The molecule has 0 radical (unpaired) electrons. The number of fused-ring (bicyclic) bond motifs is 3. The van der Waals surface area contributed by atoms with Crippen molar-refractivity contribution in [2.75, 3.05) is 56.8 Å². The molecule has 0 bridgehead atoms. The number of hydrogen-bond donors (Lipinski definition) is 13. The molecular formula is C57H79B2N24O27P3S-2. The Kier molecular flexibility index (Phi) is 25.3. The Hall–Kier alpha value is -8.32. The van der Waals surface area contributed by atoms with E-state index >= 15 is 0 Å². The lowest BCUT2D eigenvalue weighted by Crippen LogP contribution is -2.33. The van der Waals surface area contributed by atoms with Gasteiger partial charge in [0.25, 0.3) is 16.7 Å². The van der Waals surface area contributed by atoms with Crippen LogP contribution in [0.4, 0.5) is 17.8 Å². The van der Waals surface area contributed by atoms with Gasteiger partial charge in [0, 0.05) is 38.5 Å². The number of hydrogen-bond acceptors (Lipinski definition) is 42. The van der Waals surface area contributed by atoms with Crippen LogP contribution in [0.1, 0.15) is 93.4 Å². The van der Waals surface area contributed by atoms with E-state index in [1.165, 1.54) is 36.2 Å². The van der Waals surface area contributed by atoms with Crippen molar-refractivity contribution in [3.63, 3.8) is 0 Å². The summed E-state index contributed by atoms with van der Waals surface area (Å²) in [6.45, 7) is -1.04. The van der Waals surface area contributed by atoms with Gasteiger partial charge in [0.05, 0.1) is 85.5 Å². The Morgan fingerprint density at radius 1 is 0.465 bits per heavy atom. The van der Waals surface area contributed by atoms with Gasteiger partial charge in [0.2, 0.25) is 17.8 Å². The number of aryl methyl sites for hydroxylation is 3. The fraction of sp³-hybridized carbons (Fsp3) is 0.579. The molecule has 6 aliphatic rings. The van der Waals surface area contributed by atoms with Crippen molar-refractivity contribution >= 4 is 101 Å². The lowest BCUT2D eigenvalue weighted by Gasteiger charge is -2.35. The molecule has 0 spiro atoms. The smallest absolute Gasteiger partial charge is 0.354 e. The number of nitrogen functional groups attached to an aromatic ring is 3. The van der Waals surface area contributed by atoms with E-state index in [2.05, 4.69) is 74.8 Å². The third kappa shape index (κ3) is 18.9. The summed E-state index contributed by atoms with van der Waals surface area (Å²) in [5.41, 5.74) is 14.4. The Labute approximate surface area is 645 Å². The number of imidazole rings is 3. The second-order valence-corrected chi connectivity index (χ2v) is 30.4. The van der Waals surface area contributed by atoms with E-state index in [4.69, 9.17) is 84.6 Å². The molecule has 114 heavy (non-hydrogen) atoms. The molecular weight excluding hydrogens is 1600 g/mol. The van der Waals surface area contributed by atoms with Gasteiger partial charge in [-0.1, -0.05) is 0 Å². The zero-order valence-electron chi connectivity index (χ0n) is 58.7. The molecule has 9 aromatic heterocycles. The predicted molar refractivity (Wildman–Crippen MR) is 394 cm³/mol. The lowest BCUT2D eigenvalue weighted by molar-refractivity contribution is -0.220. The first-order valence-corrected chi connectivity index (χ1v) is 38.7. The molecule has 618 valence electrons. The number of nitrogens with two attached hydrogens (primary N) is 3. The molecule has 6 fully saturated rings. The first kappa shape index (κ1) is 83.6. The number of aromatic nitrogens is 21. The van der Waals surface area contributed by atoms with Gasteiger partial charge in [0.15, 0.2) is 48.6 Å². The molecule has 0 aromatic carbocycles. The lowest BCUT2D eigenvalue weighted by atomic mass is 10.2. The largest absolute Gasteiger partial charge is 0.670 e. The Balaban J connectivity index is 0.000000149. The molecule has 15 heterocycles. The van der Waals surface area contributed by atoms with Crippen LogP contribution in [0.15, 0.2) is 66.7 Å². The summed E-state index contributed by atoms with van der Waals surface area (Å²) in [6.07, 6.45) is -6.70. The second-order valence-electron chi connectivity index (χ2n) is 25.8. The molecule has 6 saturated heterocycles. The van der Waals surface area contributed by atoms with Gasteiger partial charge in [-0.25, -0.2) is 59.2 Å². The number of nitrogens with one attached hydrogen (secondary N) is 3. The van der Waals surface area contributed by atoms with Crippen LogP contribution < -0.4 is 60.7 Å². The highest BCUT2D eigenvalue weighted by atomic mass is 32.5. The average Bonchev–Trinajstić information content (AvgIpc) is 1.63. The molecule has 0 saturated carbocycles. The molecule has 15 rings (SSSR count). The molecule has 6 aliphatic heterocycles. The third-order valence-corrected chi connectivity index (χ3v) is 21.4. The first-order chi connectivity index (χ1) is 54.1. The number of rotatable bonds is 24. The Bertz CT molecular complexity index is 5390. The van der Waals surface area contributed by atoms with Gasteiger partial charge in [-0.15, -0.1) is 0 Å². The van der Waals surface area contributed by atoms with Crippen molar-refractivity contribution in [2.24, 2.45) is 0 Å². The minimum absolute atomic E-state index is 0.0380. The second kappa shape index (κ2) is 34.5. The van der Waals surface area contributed by atoms with Crippen molar-refractivity contribution in [1.29, 1.82) is 0 Å². The molecule has 21 atom stereocenters. The maximum absolute atomic E-state index is 13.3. The van der Waals surface area contributed by atoms with E-state index in [1.54, 1.807) is 29.9 Å². The molecule has 9 aromatic rings. The number of ether oxygens (including phenoxy) is 6. The molecule has 3 unspecified atom stereocenters. The van der Waals surface area contributed by atoms with Crippen molar-refractivity contribution in [3.8, 4) is 0 Å². The minimum atomic E-state index is -3.90. The third-order valence-electron chi connectivity index (χ3n) is 18.2. The molecule has 0 amide bonds. The SMILES string of the molecule is Cc1nc2c(ncn2[C@H]2C[C@@H](OP(O)(=S)OC[C@H]3O[C@@H](n4cnc(N)nc4=O)C[C@H]3O)[C@@H](CO)O2)c(=O)[nH]1.[BH3-][P+]([O-])(OC[C@H]1O[C@@H](n2cnc(N)nc2=O)C[C@H]1O)O[C@@H]1C[C@H](n2cnc3c(=O)[nH]c(C)nc32)O[C@@H]1CO.[BH3-][P+]([O-])(OC[C@H]1O[C@@H](n2cnc3c(=O)[nH]c(C)nc32)C[C@H]1O)O[C@@H]1C[C@H](n2cnc(N)nc2=O)O[C@@H]1CO. The molecule has 57 heteroatoms. The van der Waals surface area contributed by atoms with Crippen molar-refractivity contribution in [1.82, 2.24) is 102 Å². The van der Waals surface area contributed by atoms with Gasteiger partial charge >= 0.3 is 23.8 Å². The first-order valence-electron chi connectivity index (χ1n) is 33.9. The minimum Gasteiger partial charge on any atom is -0.670 e. The van der Waals surface area contributed by atoms with Gasteiger partial charge < -0.3 is 115 Å². The summed E-state index contributed by atoms with van der Waals surface area (Å²) in [5.74, 6) is 0.655. The van der Waals surface area contributed by atoms with E-state index in [9.17, 15) is 74.1 Å². The molecule has 16 N–H and O–H groups in total. The zero-order chi connectivity index (χ0) is 81.6. The van der Waals surface area contributed by atoms with E-state index in [-0.39, 0.29) is 104 Å². The van der Waals surface area contributed by atoms with E-state index in [0.29, 0.717) is 34.4 Å². The van der Waals surface area contributed by atoms with E-state index in [0.717, 1.165) is 20.0 Å². The highest BCUT2D eigenvalue weighted by molar-refractivity contribution is 8.07. The number of aromatic amines is 3. The topological polar surface area (TPSA) is 711 Å².